The standard InChI is InChI=1S/C16H20O3S.Ti/c1-10-11(2)13(4)16(14(5)12(10)3)20(17,18)19-15-8-6-7-9-15;/h6-8H,9H2,1-5H3;. The van der Waals surface area contributed by atoms with Gasteiger partial charge < -0.3 is 4.18 Å². The molecule has 0 amide bonds. The Kier molecular flexibility index (Phi) is 5.65. The van der Waals surface area contributed by atoms with Crippen molar-refractivity contribution in [3.8, 4) is 0 Å². The molecule has 1 aromatic carbocycles. The van der Waals surface area contributed by atoms with Gasteiger partial charge in [-0.25, -0.2) is 0 Å². The monoisotopic (exact) mass is 340 g/mol. The van der Waals surface area contributed by atoms with Gasteiger partial charge in [0.15, 0.2) is 0 Å². The Hall–Kier alpha value is -0.836. The van der Waals surface area contributed by atoms with Gasteiger partial charge in [-0.2, -0.15) is 8.42 Å². The molecule has 0 bridgehead atoms. The topological polar surface area (TPSA) is 43.4 Å². The second-order valence-corrected chi connectivity index (χ2v) is 6.74. The van der Waals surface area contributed by atoms with E-state index in [0.29, 0.717) is 17.1 Å². The van der Waals surface area contributed by atoms with Gasteiger partial charge in [-0.1, -0.05) is 12.2 Å². The molecule has 0 spiro atoms. The molecule has 2 rings (SSSR count). The van der Waals surface area contributed by atoms with Crippen LogP contribution in [0.5, 0.6) is 0 Å². The van der Waals surface area contributed by atoms with Crippen molar-refractivity contribution in [3.63, 3.8) is 0 Å². The molecule has 1 aliphatic rings. The summed E-state index contributed by atoms with van der Waals surface area (Å²) in [5.41, 5.74) is 4.71. The van der Waals surface area contributed by atoms with Crippen LogP contribution in [0.15, 0.2) is 28.9 Å². The van der Waals surface area contributed by atoms with Crippen molar-refractivity contribution in [3.05, 3.63) is 51.8 Å². The molecule has 1 aliphatic carbocycles. The summed E-state index contributed by atoms with van der Waals surface area (Å²) in [6, 6.07) is 0. The zero-order valence-electron chi connectivity index (χ0n) is 13.1. The van der Waals surface area contributed by atoms with E-state index in [2.05, 4.69) is 0 Å². The Morgan fingerprint density at radius 1 is 0.905 bits per heavy atom. The van der Waals surface area contributed by atoms with Crippen LogP contribution in [-0.2, 0) is 36.0 Å². The third-order valence-electron chi connectivity index (χ3n) is 4.14. The van der Waals surface area contributed by atoms with E-state index in [9.17, 15) is 8.42 Å². The van der Waals surface area contributed by atoms with Gasteiger partial charge in [0.2, 0.25) is 0 Å². The number of hydrogen-bond donors (Lipinski definition) is 0. The third-order valence-corrected chi connectivity index (χ3v) is 5.68. The van der Waals surface area contributed by atoms with Gasteiger partial charge in [-0.15, -0.1) is 0 Å². The molecule has 0 aromatic heterocycles. The molecule has 21 heavy (non-hydrogen) atoms. The van der Waals surface area contributed by atoms with Gasteiger partial charge >= 0.3 is 10.1 Å². The van der Waals surface area contributed by atoms with Gasteiger partial charge in [0.25, 0.3) is 0 Å². The van der Waals surface area contributed by atoms with Crippen molar-refractivity contribution < 1.29 is 34.3 Å². The van der Waals surface area contributed by atoms with E-state index in [-0.39, 0.29) is 21.7 Å². The predicted octanol–water partition coefficient (Wildman–Crippen LogP) is 3.78. The summed E-state index contributed by atoms with van der Waals surface area (Å²) >= 11 is 0. The second kappa shape index (κ2) is 6.51. The van der Waals surface area contributed by atoms with Crippen LogP contribution in [0, 0.1) is 34.6 Å². The molecule has 1 aromatic rings. The van der Waals surface area contributed by atoms with E-state index in [4.69, 9.17) is 4.18 Å². The quantitative estimate of drug-likeness (QED) is 0.621. The van der Waals surface area contributed by atoms with Gasteiger partial charge in [0, 0.05) is 28.1 Å². The summed E-state index contributed by atoms with van der Waals surface area (Å²) in [4.78, 5) is 0.311. The van der Waals surface area contributed by atoms with Crippen LogP contribution < -0.4 is 0 Å². The molecule has 0 unspecified atom stereocenters. The minimum Gasteiger partial charge on any atom is -0.383 e. The van der Waals surface area contributed by atoms with Crippen molar-refractivity contribution in [1.82, 2.24) is 0 Å². The zero-order valence-corrected chi connectivity index (χ0v) is 15.5. The van der Waals surface area contributed by atoms with Crippen molar-refractivity contribution in [1.29, 1.82) is 0 Å². The first kappa shape index (κ1) is 18.2. The van der Waals surface area contributed by atoms with Crippen LogP contribution in [0.2, 0.25) is 0 Å². The molecular formula is C16H20O3STi. The fourth-order valence-corrected chi connectivity index (χ4v) is 4.06. The third kappa shape index (κ3) is 3.33. The minimum absolute atomic E-state index is 0. The van der Waals surface area contributed by atoms with Crippen molar-refractivity contribution in [2.45, 2.75) is 45.9 Å². The van der Waals surface area contributed by atoms with Crippen LogP contribution in [0.1, 0.15) is 34.2 Å². The van der Waals surface area contributed by atoms with Gasteiger partial charge in [-0.05, 0) is 68.5 Å². The van der Waals surface area contributed by atoms with E-state index in [1.165, 1.54) is 0 Å². The normalized spacial score (nSPS) is 13.9. The van der Waals surface area contributed by atoms with Crippen LogP contribution >= 0.6 is 0 Å². The first-order chi connectivity index (χ1) is 9.25. The summed E-state index contributed by atoms with van der Waals surface area (Å²) in [6.07, 6.45) is 5.89. The molecule has 0 saturated heterocycles. The van der Waals surface area contributed by atoms with Crippen LogP contribution in [0.4, 0.5) is 0 Å². The SMILES string of the molecule is Cc1c(C)c(C)c(S(=O)(=O)OC2=CC=CC2)c(C)c1C.[Ti]. The molecule has 3 nitrogen and oxygen atoms in total. The van der Waals surface area contributed by atoms with E-state index in [1.807, 2.05) is 40.7 Å². The van der Waals surface area contributed by atoms with Gasteiger partial charge in [0.05, 0.1) is 0 Å². The molecule has 0 atom stereocenters. The molecule has 0 fully saturated rings. The fraction of sp³-hybridized carbons (Fsp3) is 0.375. The van der Waals surface area contributed by atoms with E-state index >= 15 is 0 Å². The molecular weight excluding hydrogens is 320 g/mol. The Labute approximate surface area is 142 Å². The maximum absolute atomic E-state index is 12.6. The molecule has 112 valence electrons. The summed E-state index contributed by atoms with van der Waals surface area (Å²) in [5, 5.41) is 0. The van der Waals surface area contributed by atoms with Crippen molar-refractivity contribution in [2.24, 2.45) is 0 Å². The molecule has 0 radical (unpaired) electrons. The van der Waals surface area contributed by atoms with Crippen molar-refractivity contribution in [2.75, 3.05) is 0 Å². The molecule has 0 saturated carbocycles. The Bertz CT molecular complexity index is 699. The molecule has 0 aliphatic heterocycles. The van der Waals surface area contributed by atoms with E-state index < -0.39 is 10.1 Å². The number of hydrogen-bond acceptors (Lipinski definition) is 3. The Balaban J connectivity index is 0.00000220. The predicted molar refractivity (Wildman–Crippen MR) is 80.2 cm³/mol. The fourth-order valence-electron chi connectivity index (χ4n) is 2.51. The second-order valence-electron chi connectivity index (χ2n) is 5.26. The summed E-state index contributed by atoms with van der Waals surface area (Å²) in [7, 11) is -3.78. The van der Waals surface area contributed by atoms with Crippen molar-refractivity contribution >= 4 is 10.1 Å². The number of allylic oxidation sites excluding steroid dienone is 3. The Morgan fingerprint density at radius 2 is 1.38 bits per heavy atom. The largest absolute Gasteiger partial charge is 0.383 e. The maximum Gasteiger partial charge on any atom is 0.339 e. The van der Waals surface area contributed by atoms with Gasteiger partial charge in [-0.3, -0.25) is 0 Å². The smallest absolute Gasteiger partial charge is 0.339 e. The average Bonchev–Trinajstić information content (AvgIpc) is 2.86. The Morgan fingerprint density at radius 3 is 1.81 bits per heavy atom. The summed E-state index contributed by atoms with van der Waals surface area (Å²) in [5.74, 6) is 0.472. The van der Waals surface area contributed by atoms with Gasteiger partial charge in [0.1, 0.15) is 10.7 Å². The minimum atomic E-state index is -3.78. The van der Waals surface area contributed by atoms with Crippen LogP contribution in [0.3, 0.4) is 0 Å². The average molecular weight is 340 g/mol. The van der Waals surface area contributed by atoms with E-state index in [1.54, 1.807) is 12.2 Å². The summed E-state index contributed by atoms with van der Waals surface area (Å²) in [6.45, 7) is 9.60. The number of rotatable bonds is 3. The first-order valence-electron chi connectivity index (χ1n) is 6.63. The molecule has 5 heteroatoms. The number of benzene rings is 1. The van der Waals surface area contributed by atoms with Crippen LogP contribution in [0.25, 0.3) is 0 Å². The zero-order chi connectivity index (χ0) is 15.1. The van der Waals surface area contributed by atoms with Crippen LogP contribution in [-0.4, -0.2) is 8.42 Å². The first-order valence-corrected chi connectivity index (χ1v) is 8.03. The maximum atomic E-state index is 12.6. The van der Waals surface area contributed by atoms with E-state index in [0.717, 1.165) is 27.8 Å². The molecule has 0 N–H and O–H groups in total. The summed E-state index contributed by atoms with van der Waals surface area (Å²) < 4.78 is 30.4. The molecule has 0 heterocycles.